The number of hydrogen-bond donors (Lipinski definition) is 2. The molecule has 0 spiro atoms. The summed E-state index contributed by atoms with van der Waals surface area (Å²) in [5.74, 6) is -0.865. The van der Waals surface area contributed by atoms with Crippen molar-refractivity contribution in [2.45, 2.75) is 41.2 Å². The molecule has 164 valence electrons. The topological polar surface area (TPSA) is 113 Å². The van der Waals surface area contributed by atoms with Crippen molar-refractivity contribution in [1.29, 1.82) is 5.26 Å². The van der Waals surface area contributed by atoms with E-state index in [0.29, 0.717) is 22.5 Å². The smallest absolute Gasteiger partial charge is 0.351 e. The van der Waals surface area contributed by atoms with Crippen LogP contribution in [-0.4, -0.2) is 23.1 Å². The second-order valence-corrected chi connectivity index (χ2v) is 8.63. The van der Waals surface area contributed by atoms with Crippen LogP contribution in [-0.2, 0) is 20.9 Å². The molecule has 2 aromatic rings. The zero-order valence-electron chi connectivity index (χ0n) is 18.2. The highest BCUT2D eigenvalue weighted by molar-refractivity contribution is 7.07. The standard InChI is InChI=1S/C22H26N4O4S/c1-6-26-18(27)17(31-19(26)16(12-23)20(28)30-7-2)13-24-14-9-8-10-15(11-14)25-21(29)22(3,4)5/h8-11,13,24H,6-7H2,1-5H3,(H,25,29)/b17-13+,19-16-. The molecule has 0 unspecified atom stereocenters. The molecule has 31 heavy (non-hydrogen) atoms. The summed E-state index contributed by atoms with van der Waals surface area (Å²) >= 11 is 1.04. The van der Waals surface area contributed by atoms with Crippen LogP contribution in [0.15, 0.2) is 29.1 Å². The van der Waals surface area contributed by atoms with E-state index in [4.69, 9.17) is 4.74 Å². The first kappa shape index (κ1) is 23.9. The summed E-state index contributed by atoms with van der Waals surface area (Å²) in [5.41, 5.74) is 0.251. The molecule has 0 saturated heterocycles. The number of anilines is 2. The SMILES string of the molecule is CCOC(=O)/C(C#N)=c1\s/c(=C/Nc2cccc(NC(=O)C(C)(C)C)c2)c(=O)n1CC. The maximum Gasteiger partial charge on any atom is 0.351 e. The first-order chi connectivity index (χ1) is 14.6. The Morgan fingerprint density at radius 2 is 1.94 bits per heavy atom. The third-order valence-electron chi connectivity index (χ3n) is 4.20. The highest BCUT2D eigenvalue weighted by Crippen LogP contribution is 2.20. The van der Waals surface area contributed by atoms with Crippen molar-refractivity contribution < 1.29 is 14.3 Å². The molecule has 8 nitrogen and oxygen atoms in total. The predicted molar refractivity (Wildman–Crippen MR) is 122 cm³/mol. The molecule has 2 rings (SSSR count). The number of amides is 1. The van der Waals surface area contributed by atoms with E-state index < -0.39 is 11.4 Å². The van der Waals surface area contributed by atoms with E-state index in [0.717, 1.165) is 11.3 Å². The Balaban J connectivity index is 2.43. The van der Waals surface area contributed by atoms with Crippen LogP contribution in [0.3, 0.4) is 0 Å². The van der Waals surface area contributed by atoms with E-state index in [1.165, 1.54) is 10.8 Å². The number of aromatic nitrogens is 1. The van der Waals surface area contributed by atoms with Crippen LogP contribution in [0.5, 0.6) is 0 Å². The fraction of sp³-hybridized carbons (Fsp3) is 0.364. The van der Waals surface area contributed by atoms with E-state index in [1.807, 2.05) is 26.8 Å². The van der Waals surface area contributed by atoms with Gasteiger partial charge in [-0.1, -0.05) is 26.8 Å². The maximum atomic E-state index is 12.7. The summed E-state index contributed by atoms with van der Waals surface area (Å²) in [6, 6.07) is 8.94. The van der Waals surface area contributed by atoms with Gasteiger partial charge in [-0.05, 0) is 32.0 Å². The number of nitriles is 1. The van der Waals surface area contributed by atoms with E-state index >= 15 is 0 Å². The molecule has 9 heteroatoms. The molecule has 0 radical (unpaired) electrons. The minimum absolute atomic E-state index is 0.110. The monoisotopic (exact) mass is 442 g/mol. The van der Waals surface area contributed by atoms with Crippen molar-refractivity contribution in [3.8, 4) is 6.07 Å². The predicted octanol–water partition coefficient (Wildman–Crippen LogP) is 2.00. The average molecular weight is 443 g/mol. The molecule has 0 aliphatic heterocycles. The molecule has 0 atom stereocenters. The Kier molecular flexibility index (Phi) is 7.78. The van der Waals surface area contributed by atoms with Crippen LogP contribution >= 0.6 is 11.3 Å². The molecule has 1 aromatic heterocycles. The van der Waals surface area contributed by atoms with Crippen molar-refractivity contribution in [3.63, 3.8) is 0 Å². The van der Waals surface area contributed by atoms with Crippen molar-refractivity contribution in [3.05, 3.63) is 43.8 Å². The van der Waals surface area contributed by atoms with Gasteiger partial charge in [0.2, 0.25) is 5.91 Å². The second kappa shape index (κ2) is 10.1. The number of thiazole rings is 1. The molecule has 1 amide bonds. The van der Waals surface area contributed by atoms with Gasteiger partial charge in [-0.15, -0.1) is 11.3 Å². The molecule has 2 N–H and O–H groups in total. The van der Waals surface area contributed by atoms with E-state index in [2.05, 4.69) is 10.6 Å². The lowest BCUT2D eigenvalue weighted by molar-refractivity contribution is -0.136. The molecule has 1 heterocycles. The van der Waals surface area contributed by atoms with Gasteiger partial charge in [-0.3, -0.25) is 14.2 Å². The van der Waals surface area contributed by atoms with E-state index in [9.17, 15) is 19.6 Å². The van der Waals surface area contributed by atoms with Crippen molar-refractivity contribution in [2.75, 3.05) is 17.2 Å². The van der Waals surface area contributed by atoms with Gasteiger partial charge in [0, 0.05) is 29.5 Å². The molecule has 0 fully saturated rings. The molecular formula is C22H26N4O4S. The third-order valence-corrected chi connectivity index (χ3v) is 5.33. The van der Waals surface area contributed by atoms with Crippen molar-refractivity contribution >= 4 is 46.4 Å². The van der Waals surface area contributed by atoms with Gasteiger partial charge in [-0.2, -0.15) is 5.26 Å². The Hall–Kier alpha value is -3.38. The highest BCUT2D eigenvalue weighted by atomic mass is 32.1. The van der Waals surface area contributed by atoms with E-state index in [1.54, 1.807) is 38.1 Å². The van der Waals surface area contributed by atoms with Crippen LogP contribution in [0.2, 0.25) is 0 Å². The lowest BCUT2D eigenvalue weighted by Gasteiger charge is -2.18. The first-order valence-electron chi connectivity index (χ1n) is 9.81. The molecular weight excluding hydrogens is 416 g/mol. The minimum Gasteiger partial charge on any atom is -0.462 e. The molecule has 0 saturated carbocycles. The number of benzene rings is 1. The fourth-order valence-corrected chi connectivity index (χ4v) is 3.61. The van der Waals surface area contributed by atoms with Crippen LogP contribution in [0.4, 0.5) is 11.4 Å². The summed E-state index contributed by atoms with van der Waals surface area (Å²) in [7, 11) is 0. The molecule has 0 bridgehead atoms. The normalized spacial score (nSPS) is 12.7. The Bertz CT molecular complexity index is 1200. The van der Waals surface area contributed by atoms with Gasteiger partial charge < -0.3 is 15.4 Å². The number of hydrogen-bond acceptors (Lipinski definition) is 7. The van der Waals surface area contributed by atoms with Gasteiger partial charge in [-0.25, -0.2) is 4.79 Å². The van der Waals surface area contributed by atoms with Crippen LogP contribution < -0.4 is 25.4 Å². The summed E-state index contributed by atoms with van der Waals surface area (Å²) in [5, 5.41) is 15.3. The first-order valence-corrected chi connectivity index (χ1v) is 10.6. The fourth-order valence-electron chi connectivity index (χ4n) is 2.53. The number of carbonyl (C=O) groups excluding carboxylic acids is 2. The summed E-state index contributed by atoms with van der Waals surface area (Å²) < 4.78 is 6.89. The zero-order valence-corrected chi connectivity index (χ0v) is 19.1. The van der Waals surface area contributed by atoms with Crippen LogP contribution in [0.25, 0.3) is 11.8 Å². The number of ether oxygens (including phenoxy) is 1. The Morgan fingerprint density at radius 3 is 2.52 bits per heavy atom. The lowest BCUT2D eigenvalue weighted by Crippen LogP contribution is -2.32. The summed E-state index contributed by atoms with van der Waals surface area (Å²) in [6.45, 7) is 9.33. The number of esters is 1. The van der Waals surface area contributed by atoms with Gasteiger partial charge in [0.1, 0.15) is 15.3 Å². The zero-order chi connectivity index (χ0) is 23.2. The van der Waals surface area contributed by atoms with E-state index in [-0.39, 0.29) is 28.3 Å². The minimum atomic E-state index is -0.754. The van der Waals surface area contributed by atoms with Gasteiger partial charge in [0.15, 0.2) is 5.57 Å². The Labute approximate surface area is 184 Å². The summed E-state index contributed by atoms with van der Waals surface area (Å²) in [6.07, 6.45) is 1.52. The van der Waals surface area contributed by atoms with Gasteiger partial charge >= 0.3 is 5.97 Å². The summed E-state index contributed by atoms with van der Waals surface area (Å²) in [4.78, 5) is 37.0. The van der Waals surface area contributed by atoms with Crippen LogP contribution in [0, 0.1) is 16.7 Å². The van der Waals surface area contributed by atoms with Gasteiger partial charge in [0.05, 0.1) is 6.61 Å². The molecule has 1 aromatic carbocycles. The van der Waals surface area contributed by atoms with Crippen molar-refractivity contribution in [2.24, 2.45) is 5.41 Å². The maximum absolute atomic E-state index is 12.7. The number of nitrogens with one attached hydrogen (secondary N) is 2. The average Bonchev–Trinajstić information content (AvgIpc) is 3.02. The van der Waals surface area contributed by atoms with Gasteiger partial charge in [0.25, 0.3) is 5.56 Å². The molecule has 0 aliphatic carbocycles. The van der Waals surface area contributed by atoms with Crippen molar-refractivity contribution in [1.82, 2.24) is 4.57 Å². The quantitative estimate of drug-likeness (QED) is 0.662. The second-order valence-electron chi connectivity index (χ2n) is 7.60. The van der Waals surface area contributed by atoms with Crippen LogP contribution in [0.1, 0.15) is 34.6 Å². The Morgan fingerprint density at radius 1 is 1.26 bits per heavy atom. The number of nitrogens with zero attached hydrogens (tertiary/aromatic N) is 2. The number of carbonyl (C=O) groups is 2. The number of rotatable bonds is 6. The highest BCUT2D eigenvalue weighted by Gasteiger charge is 2.21. The lowest BCUT2D eigenvalue weighted by atomic mass is 9.95. The largest absolute Gasteiger partial charge is 0.462 e. The third kappa shape index (κ3) is 5.83. The molecule has 0 aliphatic rings.